The highest BCUT2D eigenvalue weighted by Gasteiger charge is 2.19. The first-order chi connectivity index (χ1) is 8.84. The monoisotopic (exact) mass is 261 g/mol. The lowest BCUT2D eigenvalue weighted by Crippen LogP contribution is -2.22. The van der Waals surface area contributed by atoms with Gasteiger partial charge in [0.15, 0.2) is 5.58 Å². The summed E-state index contributed by atoms with van der Waals surface area (Å²) >= 11 is 0. The van der Waals surface area contributed by atoms with E-state index in [2.05, 4.69) is 20.8 Å². The van der Waals surface area contributed by atoms with E-state index in [0.29, 0.717) is 23.9 Å². The predicted molar refractivity (Wildman–Crippen MR) is 74.7 cm³/mol. The van der Waals surface area contributed by atoms with Crippen molar-refractivity contribution in [2.75, 3.05) is 0 Å². The Morgan fingerprint density at radius 2 is 2.00 bits per heavy atom. The molecule has 0 aliphatic rings. The van der Waals surface area contributed by atoms with Gasteiger partial charge in [0.2, 0.25) is 5.91 Å². The SMILES string of the molecule is CCCC(=O)n1c(=O)oc2ccc(C(C)(C)C)cc21. The molecule has 1 heterocycles. The lowest BCUT2D eigenvalue weighted by atomic mass is 9.87. The Hall–Kier alpha value is -1.84. The summed E-state index contributed by atoms with van der Waals surface area (Å²) in [5.41, 5.74) is 2.05. The Kier molecular flexibility index (Phi) is 3.35. The maximum atomic E-state index is 12.0. The molecule has 0 N–H and O–H groups in total. The highest BCUT2D eigenvalue weighted by molar-refractivity contribution is 5.89. The van der Waals surface area contributed by atoms with E-state index in [-0.39, 0.29) is 11.3 Å². The van der Waals surface area contributed by atoms with E-state index in [1.807, 2.05) is 19.1 Å². The number of carbonyl (C=O) groups is 1. The summed E-state index contributed by atoms with van der Waals surface area (Å²) in [6, 6.07) is 5.56. The first-order valence-electron chi connectivity index (χ1n) is 6.54. The average molecular weight is 261 g/mol. The van der Waals surface area contributed by atoms with Crippen LogP contribution in [-0.4, -0.2) is 10.5 Å². The van der Waals surface area contributed by atoms with Gasteiger partial charge in [0, 0.05) is 6.42 Å². The third kappa shape index (κ3) is 2.48. The van der Waals surface area contributed by atoms with Crippen LogP contribution in [0.4, 0.5) is 0 Å². The molecule has 4 heteroatoms. The van der Waals surface area contributed by atoms with Crippen molar-refractivity contribution in [3.05, 3.63) is 34.3 Å². The van der Waals surface area contributed by atoms with Gasteiger partial charge in [-0.25, -0.2) is 9.36 Å². The molecule has 0 aliphatic heterocycles. The van der Waals surface area contributed by atoms with Crippen LogP contribution in [0.5, 0.6) is 0 Å². The summed E-state index contributed by atoms with van der Waals surface area (Å²) in [5, 5.41) is 0. The Labute approximate surface area is 112 Å². The quantitative estimate of drug-likeness (QED) is 0.833. The zero-order valence-electron chi connectivity index (χ0n) is 11.8. The highest BCUT2D eigenvalue weighted by atomic mass is 16.4. The van der Waals surface area contributed by atoms with E-state index in [4.69, 9.17) is 4.42 Å². The minimum absolute atomic E-state index is 0.0415. The van der Waals surface area contributed by atoms with Crippen LogP contribution in [0.25, 0.3) is 11.1 Å². The molecule has 1 aromatic carbocycles. The average Bonchev–Trinajstić information content (AvgIpc) is 2.62. The minimum Gasteiger partial charge on any atom is -0.407 e. The van der Waals surface area contributed by atoms with Crippen molar-refractivity contribution >= 4 is 17.0 Å². The fourth-order valence-electron chi connectivity index (χ4n) is 2.04. The maximum absolute atomic E-state index is 12.0. The van der Waals surface area contributed by atoms with Gasteiger partial charge >= 0.3 is 5.76 Å². The molecule has 0 atom stereocenters. The second-order valence-electron chi connectivity index (χ2n) is 5.78. The first-order valence-corrected chi connectivity index (χ1v) is 6.54. The molecule has 2 rings (SSSR count). The molecule has 0 saturated heterocycles. The summed E-state index contributed by atoms with van der Waals surface area (Å²) in [7, 11) is 0. The molecule has 0 amide bonds. The number of oxazole rings is 1. The van der Waals surface area contributed by atoms with Crippen molar-refractivity contribution in [2.45, 2.75) is 46.0 Å². The molecule has 0 radical (unpaired) electrons. The first kappa shape index (κ1) is 13.6. The van der Waals surface area contributed by atoms with Crippen molar-refractivity contribution in [3.8, 4) is 0 Å². The summed E-state index contributed by atoms with van der Waals surface area (Å²) in [5.74, 6) is -0.809. The zero-order valence-corrected chi connectivity index (χ0v) is 11.8. The molecule has 4 nitrogen and oxygen atoms in total. The molecule has 2 aromatic rings. The largest absolute Gasteiger partial charge is 0.426 e. The second-order valence-corrected chi connectivity index (χ2v) is 5.78. The summed E-state index contributed by atoms with van der Waals surface area (Å²) < 4.78 is 6.27. The van der Waals surface area contributed by atoms with Gasteiger partial charge in [0.25, 0.3) is 0 Å². The molecular formula is C15H19NO3. The van der Waals surface area contributed by atoms with E-state index in [9.17, 15) is 9.59 Å². The Morgan fingerprint density at radius 1 is 1.32 bits per heavy atom. The predicted octanol–water partition coefficient (Wildman–Crippen LogP) is 3.33. The topological polar surface area (TPSA) is 52.2 Å². The molecule has 0 aliphatic carbocycles. The van der Waals surface area contributed by atoms with Gasteiger partial charge < -0.3 is 4.42 Å². The van der Waals surface area contributed by atoms with E-state index < -0.39 is 5.76 Å². The van der Waals surface area contributed by atoms with Crippen molar-refractivity contribution in [1.29, 1.82) is 0 Å². The van der Waals surface area contributed by atoms with E-state index in [1.54, 1.807) is 6.07 Å². The number of nitrogens with zero attached hydrogens (tertiary/aromatic N) is 1. The van der Waals surface area contributed by atoms with Gasteiger partial charge in [0.05, 0.1) is 5.52 Å². The van der Waals surface area contributed by atoms with Crippen LogP contribution in [0.2, 0.25) is 0 Å². The Morgan fingerprint density at radius 3 is 2.58 bits per heavy atom. The summed E-state index contributed by atoms with van der Waals surface area (Å²) in [6.07, 6.45) is 1.05. The number of aromatic nitrogens is 1. The van der Waals surface area contributed by atoms with Gasteiger partial charge in [-0.15, -0.1) is 0 Å². The van der Waals surface area contributed by atoms with Gasteiger partial charge in [0.1, 0.15) is 0 Å². The zero-order chi connectivity index (χ0) is 14.2. The minimum atomic E-state index is -0.598. The van der Waals surface area contributed by atoms with E-state index >= 15 is 0 Å². The van der Waals surface area contributed by atoms with Gasteiger partial charge in [-0.2, -0.15) is 0 Å². The molecule has 0 fully saturated rings. The molecule has 0 unspecified atom stereocenters. The van der Waals surface area contributed by atoms with Crippen LogP contribution in [-0.2, 0) is 5.41 Å². The molecule has 0 bridgehead atoms. The lowest BCUT2D eigenvalue weighted by molar-refractivity contribution is 0.0898. The number of rotatable bonds is 2. The summed E-state index contributed by atoms with van der Waals surface area (Å²) in [6.45, 7) is 8.17. The maximum Gasteiger partial charge on any atom is 0.426 e. The normalized spacial score (nSPS) is 12.0. The van der Waals surface area contributed by atoms with Crippen LogP contribution in [0.15, 0.2) is 27.4 Å². The second kappa shape index (κ2) is 4.68. The van der Waals surface area contributed by atoms with Crippen LogP contribution in [0.1, 0.15) is 50.9 Å². The number of benzene rings is 1. The van der Waals surface area contributed by atoms with Crippen LogP contribution >= 0.6 is 0 Å². The molecular weight excluding hydrogens is 242 g/mol. The fraction of sp³-hybridized carbons (Fsp3) is 0.467. The lowest BCUT2D eigenvalue weighted by Gasteiger charge is -2.18. The van der Waals surface area contributed by atoms with Gasteiger partial charge in [-0.1, -0.05) is 33.8 Å². The van der Waals surface area contributed by atoms with E-state index in [0.717, 1.165) is 10.1 Å². The van der Waals surface area contributed by atoms with E-state index in [1.165, 1.54) is 0 Å². The number of fused-ring (bicyclic) bond motifs is 1. The van der Waals surface area contributed by atoms with Gasteiger partial charge in [-0.3, -0.25) is 4.79 Å². The smallest absolute Gasteiger partial charge is 0.407 e. The van der Waals surface area contributed by atoms with Crippen molar-refractivity contribution in [3.63, 3.8) is 0 Å². The van der Waals surface area contributed by atoms with Gasteiger partial charge in [-0.05, 0) is 29.5 Å². The summed E-state index contributed by atoms with van der Waals surface area (Å²) in [4.78, 5) is 23.8. The Bertz CT molecular complexity index is 671. The van der Waals surface area contributed by atoms with Crippen LogP contribution < -0.4 is 5.76 Å². The molecule has 0 saturated carbocycles. The molecule has 102 valence electrons. The number of hydrogen-bond acceptors (Lipinski definition) is 3. The van der Waals surface area contributed by atoms with Crippen molar-refractivity contribution < 1.29 is 9.21 Å². The van der Waals surface area contributed by atoms with Crippen molar-refractivity contribution in [1.82, 2.24) is 4.57 Å². The fourth-order valence-corrected chi connectivity index (χ4v) is 2.04. The number of hydrogen-bond donors (Lipinski definition) is 0. The Balaban J connectivity index is 2.66. The van der Waals surface area contributed by atoms with Crippen LogP contribution in [0.3, 0.4) is 0 Å². The highest BCUT2D eigenvalue weighted by Crippen LogP contribution is 2.25. The third-order valence-corrected chi connectivity index (χ3v) is 3.16. The standard InChI is InChI=1S/C15H19NO3/c1-5-6-13(17)16-11-9-10(15(2,3)4)7-8-12(11)19-14(16)18/h7-9H,5-6H2,1-4H3. The van der Waals surface area contributed by atoms with Crippen LogP contribution in [0, 0.1) is 0 Å². The van der Waals surface area contributed by atoms with Crippen molar-refractivity contribution in [2.24, 2.45) is 0 Å². The number of carbonyl (C=O) groups excluding carboxylic acids is 1. The molecule has 19 heavy (non-hydrogen) atoms. The molecule has 0 spiro atoms. The third-order valence-electron chi connectivity index (χ3n) is 3.16. The molecule has 1 aromatic heterocycles.